The first-order valence-corrected chi connectivity index (χ1v) is 6.40. The van der Waals surface area contributed by atoms with E-state index in [2.05, 4.69) is 20.8 Å². The molecule has 0 aromatic rings. The molecule has 0 bridgehead atoms. The van der Waals surface area contributed by atoms with Gasteiger partial charge in [-0.05, 0) is 13.0 Å². The highest BCUT2D eigenvalue weighted by molar-refractivity contribution is 4.67. The summed E-state index contributed by atoms with van der Waals surface area (Å²) in [5, 5.41) is 0. The average Bonchev–Trinajstić information content (AvgIpc) is 2.22. The van der Waals surface area contributed by atoms with Gasteiger partial charge in [0.1, 0.15) is 0 Å². The molecule has 0 saturated heterocycles. The minimum absolute atomic E-state index is 0.141. The van der Waals surface area contributed by atoms with Crippen molar-refractivity contribution in [2.45, 2.75) is 59.3 Å². The summed E-state index contributed by atoms with van der Waals surface area (Å²) in [6.45, 7) is 8.93. The van der Waals surface area contributed by atoms with E-state index >= 15 is 0 Å². The Morgan fingerprint density at radius 2 is 1.60 bits per heavy atom. The van der Waals surface area contributed by atoms with Crippen LogP contribution in [0.1, 0.15) is 59.3 Å². The van der Waals surface area contributed by atoms with Gasteiger partial charge in [-0.15, -0.1) is 0 Å². The first-order valence-electron chi connectivity index (χ1n) is 6.40. The van der Waals surface area contributed by atoms with Gasteiger partial charge in [0, 0.05) is 12.0 Å². The van der Waals surface area contributed by atoms with Gasteiger partial charge in [0.25, 0.3) is 0 Å². The van der Waals surface area contributed by atoms with Crippen molar-refractivity contribution in [3.63, 3.8) is 0 Å². The van der Waals surface area contributed by atoms with Crippen LogP contribution in [0.3, 0.4) is 0 Å². The molecule has 0 rings (SSSR count). The highest BCUT2D eigenvalue weighted by atomic mass is 16.5. The largest absolute Gasteiger partial charge is 0.381 e. The Bertz CT molecular complexity index is 134. The van der Waals surface area contributed by atoms with E-state index in [1.807, 2.05) is 0 Å². The molecule has 0 aliphatic rings. The monoisotopic (exact) mass is 215 g/mol. The van der Waals surface area contributed by atoms with Crippen LogP contribution in [0.25, 0.3) is 0 Å². The zero-order valence-electron chi connectivity index (χ0n) is 10.8. The molecule has 0 heterocycles. The fourth-order valence-electron chi connectivity index (χ4n) is 1.39. The molecule has 2 nitrogen and oxygen atoms in total. The predicted molar refractivity (Wildman–Crippen MR) is 67.0 cm³/mol. The Morgan fingerprint density at radius 3 is 2.20 bits per heavy atom. The van der Waals surface area contributed by atoms with E-state index in [-0.39, 0.29) is 5.41 Å². The van der Waals surface area contributed by atoms with E-state index in [0.717, 1.165) is 13.2 Å². The fraction of sp³-hybridized carbons (Fsp3) is 1.00. The smallest absolute Gasteiger partial charge is 0.0529 e. The Morgan fingerprint density at radius 1 is 1.00 bits per heavy atom. The first kappa shape index (κ1) is 14.9. The summed E-state index contributed by atoms with van der Waals surface area (Å²) < 4.78 is 5.62. The maximum atomic E-state index is 5.62. The van der Waals surface area contributed by atoms with Crippen LogP contribution in [0.2, 0.25) is 0 Å². The summed E-state index contributed by atoms with van der Waals surface area (Å²) in [7, 11) is 0. The molecule has 2 heteroatoms. The van der Waals surface area contributed by atoms with E-state index in [9.17, 15) is 0 Å². The number of ether oxygens (including phenoxy) is 1. The van der Waals surface area contributed by atoms with Crippen LogP contribution in [0.15, 0.2) is 0 Å². The van der Waals surface area contributed by atoms with Gasteiger partial charge in [-0.25, -0.2) is 0 Å². The highest BCUT2D eigenvalue weighted by Gasteiger charge is 2.14. The van der Waals surface area contributed by atoms with Crippen LogP contribution in [0.4, 0.5) is 0 Å². The molecule has 0 aliphatic carbocycles. The lowest BCUT2D eigenvalue weighted by Gasteiger charge is -2.21. The normalized spacial score (nSPS) is 12.0. The Hall–Kier alpha value is -0.0800. The Labute approximate surface area is 95.6 Å². The third-order valence-electron chi connectivity index (χ3n) is 2.69. The summed E-state index contributed by atoms with van der Waals surface area (Å²) in [4.78, 5) is 0. The van der Waals surface area contributed by atoms with Gasteiger partial charge < -0.3 is 10.5 Å². The van der Waals surface area contributed by atoms with Crippen LogP contribution in [-0.4, -0.2) is 19.8 Å². The van der Waals surface area contributed by atoms with Gasteiger partial charge in [0.05, 0.1) is 6.61 Å². The molecule has 2 N–H and O–H groups in total. The minimum Gasteiger partial charge on any atom is -0.381 e. The molecule has 15 heavy (non-hydrogen) atoms. The molecular weight excluding hydrogens is 186 g/mol. The molecule has 0 radical (unpaired) electrons. The summed E-state index contributed by atoms with van der Waals surface area (Å²) >= 11 is 0. The van der Waals surface area contributed by atoms with Gasteiger partial charge in [0.15, 0.2) is 0 Å². The fourth-order valence-corrected chi connectivity index (χ4v) is 1.39. The lowest BCUT2D eigenvalue weighted by Crippen LogP contribution is -2.29. The molecule has 92 valence electrons. The quantitative estimate of drug-likeness (QED) is 0.567. The lowest BCUT2D eigenvalue weighted by molar-refractivity contribution is 0.0639. The van der Waals surface area contributed by atoms with Crippen LogP contribution >= 0.6 is 0 Å². The Kier molecular flexibility index (Phi) is 9.12. The second-order valence-electron chi connectivity index (χ2n) is 5.19. The Balaban J connectivity index is 3.11. The van der Waals surface area contributed by atoms with Gasteiger partial charge >= 0.3 is 0 Å². The second-order valence-corrected chi connectivity index (χ2v) is 5.19. The summed E-state index contributed by atoms with van der Waals surface area (Å²) in [5.74, 6) is 0. The van der Waals surface area contributed by atoms with Crippen molar-refractivity contribution in [1.82, 2.24) is 0 Å². The number of unbranched alkanes of at least 4 members (excludes halogenated alkanes) is 5. The summed E-state index contributed by atoms with van der Waals surface area (Å²) in [6.07, 6.45) is 7.94. The summed E-state index contributed by atoms with van der Waals surface area (Å²) in [5.41, 5.74) is 5.76. The van der Waals surface area contributed by atoms with E-state index in [0.29, 0.717) is 6.54 Å². The lowest BCUT2D eigenvalue weighted by atomic mass is 9.95. The minimum atomic E-state index is 0.141. The maximum Gasteiger partial charge on any atom is 0.0529 e. The van der Waals surface area contributed by atoms with Gasteiger partial charge in [-0.1, -0.05) is 52.9 Å². The van der Waals surface area contributed by atoms with Crippen molar-refractivity contribution < 1.29 is 4.74 Å². The van der Waals surface area contributed by atoms with Crippen LogP contribution in [0, 0.1) is 5.41 Å². The van der Waals surface area contributed by atoms with Crippen molar-refractivity contribution in [2.24, 2.45) is 11.1 Å². The first-order chi connectivity index (χ1) is 7.12. The zero-order valence-corrected chi connectivity index (χ0v) is 10.8. The number of hydrogen-bond donors (Lipinski definition) is 1. The zero-order chi connectivity index (χ0) is 11.6. The van der Waals surface area contributed by atoms with Crippen molar-refractivity contribution in [3.8, 4) is 0 Å². The van der Waals surface area contributed by atoms with E-state index in [1.54, 1.807) is 0 Å². The number of rotatable bonds is 10. The van der Waals surface area contributed by atoms with Crippen molar-refractivity contribution in [1.29, 1.82) is 0 Å². The van der Waals surface area contributed by atoms with Gasteiger partial charge in [-0.3, -0.25) is 0 Å². The molecule has 0 spiro atoms. The SMILES string of the molecule is CCCCCCCCOCC(C)(C)CN. The van der Waals surface area contributed by atoms with Gasteiger partial charge in [-0.2, -0.15) is 0 Å². The van der Waals surface area contributed by atoms with Crippen LogP contribution in [-0.2, 0) is 4.74 Å². The van der Waals surface area contributed by atoms with Crippen LogP contribution in [0.5, 0.6) is 0 Å². The van der Waals surface area contributed by atoms with Crippen molar-refractivity contribution in [2.75, 3.05) is 19.8 Å². The van der Waals surface area contributed by atoms with Gasteiger partial charge in [0.2, 0.25) is 0 Å². The second kappa shape index (κ2) is 9.17. The van der Waals surface area contributed by atoms with E-state index in [4.69, 9.17) is 10.5 Å². The number of nitrogens with two attached hydrogens (primary N) is 1. The highest BCUT2D eigenvalue weighted by Crippen LogP contribution is 2.13. The summed E-state index contributed by atoms with van der Waals surface area (Å²) in [6, 6.07) is 0. The average molecular weight is 215 g/mol. The van der Waals surface area contributed by atoms with E-state index < -0.39 is 0 Å². The molecule has 0 atom stereocenters. The molecule has 0 aromatic carbocycles. The maximum absolute atomic E-state index is 5.62. The predicted octanol–water partition coefficient (Wildman–Crippen LogP) is 3.35. The third-order valence-corrected chi connectivity index (χ3v) is 2.69. The number of hydrogen-bond acceptors (Lipinski definition) is 2. The molecule has 0 saturated carbocycles. The molecular formula is C13H29NO. The standard InChI is InChI=1S/C13H29NO/c1-4-5-6-7-8-9-10-15-12-13(2,3)11-14/h4-12,14H2,1-3H3. The van der Waals surface area contributed by atoms with Crippen molar-refractivity contribution in [3.05, 3.63) is 0 Å². The molecule has 0 unspecified atom stereocenters. The molecule has 0 aromatic heterocycles. The molecule has 0 aliphatic heterocycles. The van der Waals surface area contributed by atoms with Crippen molar-refractivity contribution >= 4 is 0 Å². The van der Waals surface area contributed by atoms with E-state index in [1.165, 1.54) is 38.5 Å². The topological polar surface area (TPSA) is 35.2 Å². The molecule has 0 fully saturated rings. The van der Waals surface area contributed by atoms with Crippen LogP contribution < -0.4 is 5.73 Å². The molecule has 0 amide bonds. The third kappa shape index (κ3) is 10.2.